The second-order valence-electron chi connectivity index (χ2n) is 3.98. The van der Waals surface area contributed by atoms with Crippen LogP contribution >= 0.6 is 0 Å². The predicted molar refractivity (Wildman–Crippen MR) is 58.3 cm³/mol. The molecule has 1 saturated heterocycles. The summed E-state index contributed by atoms with van der Waals surface area (Å²) in [4.78, 5) is 4.26. The van der Waals surface area contributed by atoms with Crippen molar-refractivity contribution in [1.29, 1.82) is 5.26 Å². The van der Waals surface area contributed by atoms with Crippen molar-refractivity contribution in [3.8, 4) is 6.07 Å². The van der Waals surface area contributed by atoms with E-state index in [9.17, 15) is 0 Å². The summed E-state index contributed by atoms with van der Waals surface area (Å²) < 4.78 is 0. The molecule has 1 aromatic rings. The maximum atomic E-state index is 8.63. The van der Waals surface area contributed by atoms with E-state index in [1.165, 1.54) is 12.8 Å². The van der Waals surface area contributed by atoms with Crippen LogP contribution in [0.2, 0.25) is 0 Å². The molecule has 1 unspecified atom stereocenters. The molecule has 3 nitrogen and oxygen atoms in total. The number of hydrogen-bond donors (Lipinski definition) is 1. The van der Waals surface area contributed by atoms with E-state index in [0.29, 0.717) is 11.6 Å². The first-order chi connectivity index (χ1) is 7.38. The molecule has 1 aliphatic rings. The minimum atomic E-state index is 0.637. The zero-order chi connectivity index (χ0) is 10.5. The highest BCUT2D eigenvalue weighted by Gasteiger charge is 2.13. The molecule has 1 fully saturated rings. The Morgan fingerprint density at radius 1 is 1.53 bits per heavy atom. The highest BCUT2D eigenvalue weighted by atomic mass is 14.9. The second kappa shape index (κ2) is 4.90. The Labute approximate surface area is 90.1 Å². The minimum Gasteiger partial charge on any atom is -0.314 e. The molecule has 2 rings (SSSR count). The lowest BCUT2D eigenvalue weighted by Gasteiger charge is -2.08. The summed E-state index contributed by atoms with van der Waals surface area (Å²) in [5, 5.41) is 12.1. The lowest BCUT2D eigenvalue weighted by Crippen LogP contribution is -2.21. The molecule has 1 atom stereocenters. The van der Waals surface area contributed by atoms with E-state index < -0.39 is 0 Å². The average Bonchev–Trinajstić information content (AvgIpc) is 2.80. The van der Waals surface area contributed by atoms with E-state index in [2.05, 4.69) is 16.4 Å². The van der Waals surface area contributed by atoms with E-state index in [1.54, 1.807) is 6.20 Å². The molecule has 78 valence electrons. The van der Waals surface area contributed by atoms with Gasteiger partial charge in [-0.3, -0.25) is 4.98 Å². The highest BCUT2D eigenvalue weighted by Crippen LogP contribution is 2.11. The van der Waals surface area contributed by atoms with Gasteiger partial charge in [0.25, 0.3) is 0 Å². The van der Waals surface area contributed by atoms with Crippen molar-refractivity contribution >= 4 is 0 Å². The Kier molecular flexibility index (Phi) is 3.31. The number of hydrogen-bond acceptors (Lipinski definition) is 3. The molecule has 1 aromatic heterocycles. The lowest BCUT2D eigenvalue weighted by atomic mass is 10.1. The van der Waals surface area contributed by atoms with Gasteiger partial charge < -0.3 is 5.32 Å². The zero-order valence-corrected chi connectivity index (χ0v) is 8.74. The Morgan fingerprint density at radius 3 is 3.07 bits per heavy atom. The van der Waals surface area contributed by atoms with Crippen molar-refractivity contribution in [3.05, 3.63) is 29.6 Å². The molecule has 0 spiro atoms. The standard InChI is InChI=1S/C12H15N3/c13-8-10-3-4-12(15-9-10)6-5-11-2-1-7-14-11/h3-4,9,11,14H,1-2,5-7H2. The van der Waals surface area contributed by atoms with Gasteiger partial charge in [-0.2, -0.15) is 5.26 Å². The maximum absolute atomic E-state index is 8.63. The molecule has 0 saturated carbocycles. The van der Waals surface area contributed by atoms with Gasteiger partial charge in [0, 0.05) is 17.9 Å². The van der Waals surface area contributed by atoms with Gasteiger partial charge in [-0.1, -0.05) is 0 Å². The normalized spacial score (nSPS) is 20.1. The first-order valence-corrected chi connectivity index (χ1v) is 5.47. The Morgan fingerprint density at radius 2 is 2.47 bits per heavy atom. The fourth-order valence-electron chi connectivity index (χ4n) is 1.96. The minimum absolute atomic E-state index is 0.637. The molecule has 15 heavy (non-hydrogen) atoms. The predicted octanol–water partition coefficient (Wildman–Crippen LogP) is 1.64. The fourth-order valence-corrected chi connectivity index (χ4v) is 1.96. The van der Waals surface area contributed by atoms with E-state index >= 15 is 0 Å². The third kappa shape index (κ3) is 2.77. The van der Waals surface area contributed by atoms with Crippen molar-refractivity contribution < 1.29 is 0 Å². The maximum Gasteiger partial charge on any atom is 0.101 e. The third-order valence-corrected chi connectivity index (χ3v) is 2.87. The quantitative estimate of drug-likeness (QED) is 0.808. The SMILES string of the molecule is N#Cc1ccc(CCC2CCCN2)nc1. The largest absolute Gasteiger partial charge is 0.314 e. The number of nitrogens with one attached hydrogen (secondary N) is 1. The molecule has 0 radical (unpaired) electrons. The summed E-state index contributed by atoms with van der Waals surface area (Å²) in [5.74, 6) is 0. The second-order valence-corrected chi connectivity index (χ2v) is 3.98. The van der Waals surface area contributed by atoms with Crippen LogP contribution < -0.4 is 5.32 Å². The van der Waals surface area contributed by atoms with Crippen LogP contribution in [0.5, 0.6) is 0 Å². The molecule has 3 heteroatoms. The van der Waals surface area contributed by atoms with E-state index in [1.807, 2.05) is 12.1 Å². The van der Waals surface area contributed by atoms with Crippen molar-refractivity contribution in [1.82, 2.24) is 10.3 Å². The van der Waals surface area contributed by atoms with Crippen molar-refractivity contribution in [3.63, 3.8) is 0 Å². The first kappa shape index (κ1) is 10.1. The van der Waals surface area contributed by atoms with Crippen LogP contribution in [-0.2, 0) is 6.42 Å². The number of aromatic nitrogens is 1. The summed E-state index contributed by atoms with van der Waals surface area (Å²) in [6.07, 6.45) is 6.39. The van der Waals surface area contributed by atoms with Crippen molar-refractivity contribution in [2.75, 3.05) is 6.54 Å². The Bertz CT molecular complexity index is 344. The van der Waals surface area contributed by atoms with Crippen LogP contribution in [0.3, 0.4) is 0 Å². The van der Waals surface area contributed by atoms with Crippen molar-refractivity contribution in [2.45, 2.75) is 31.7 Å². The van der Waals surface area contributed by atoms with Gasteiger partial charge in [0.1, 0.15) is 6.07 Å². The summed E-state index contributed by atoms with van der Waals surface area (Å²) in [6, 6.07) is 6.54. The lowest BCUT2D eigenvalue weighted by molar-refractivity contribution is 0.555. The summed E-state index contributed by atoms with van der Waals surface area (Å²) in [6.45, 7) is 1.16. The van der Waals surface area contributed by atoms with Gasteiger partial charge in [0.2, 0.25) is 0 Å². The summed E-state index contributed by atoms with van der Waals surface area (Å²) in [7, 11) is 0. The average molecular weight is 201 g/mol. The molecule has 1 aliphatic heterocycles. The third-order valence-electron chi connectivity index (χ3n) is 2.87. The highest BCUT2D eigenvalue weighted by molar-refractivity contribution is 5.26. The Balaban J connectivity index is 1.85. The van der Waals surface area contributed by atoms with Crippen LogP contribution in [0.25, 0.3) is 0 Å². The van der Waals surface area contributed by atoms with Crippen LogP contribution in [0.15, 0.2) is 18.3 Å². The zero-order valence-electron chi connectivity index (χ0n) is 8.74. The number of nitriles is 1. The number of nitrogens with zero attached hydrogens (tertiary/aromatic N) is 2. The van der Waals surface area contributed by atoms with Crippen LogP contribution in [0, 0.1) is 11.3 Å². The molecule has 2 heterocycles. The van der Waals surface area contributed by atoms with Gasteiger partial charge in [-0.05, 0) is 44.4 Å². The van der Waals surface area contributed by atoms with Crippen LogP contribution in [0.4, 0.5) is 0 Å². The Hall–Kier alpha value is -1.40. The molecule has 0 aromatic carbocycles. The van der Waals surface area contributed by atoms with E-state index in [0.717, 1.165) is 25.1 Å². The van der Waals surface area contributed by atoms with E-state index in [-0.39, 0.29) is 0 Å². The van der Waals surface area contributed by atoms with Gasteiger partial charge in [0.05, 0.1) is 5.56 Å². The summed E-state index contributed by atoms with van der Waals surface area (Å²) >= 11 is 0. The monoisotopic (exact) mass is 201 g/mol. The van der Waals surface area contributed by atoms with Gasteiger partial charge in [-0.25, -0.2) is 0 Å². The van der Waals surface area contributed by atoms with Crippen LogP contribution in [0.1, 0.15) is 30.5 Å². The molecular formula is C12H15N3. The summed E-state index contributed by atoms with van der Waals surface area (Å²) in [5.41, 5.74) is 1.72. The number of rotatable bonds is 3. The van der Waals surface area contributed by atoms with E-state index in [4.69, 9.17) is 5.26 Å². The first-order valence-electron chi connectivity index (χ1n) is 5.47. The molecular weight excluding hydrogens is 186 g/mol. The molecule has 0 aliphatic carbocycles. The molecule has 0 bridgehead atoms. The van der Waals surface area contributed by atoms with Gasteiger partial charge in [-0.15, -0.1) is 0 Å². The molecule has 1 N–H and O–H groups in total. The number of pyridine rings is 1. The van der Waals surface area contributed by atoms with Crippen LogP contribution in [-0.4, -0.2) is 17.6 Å². The fraction of sp³-hybridized carbons (Fsp3) is 0.500. The topological polar surface area (TPSA) is 48.7 Å². The number of aryl methyl sites for hydroxylation is 1. The van der Waals surface area contributed by atoms with Crippen molar-refractivity contribution in [2.24, 2.45) is 0 Å². The molecule has 0 amide bonds. The van der Waals surface area contributed by atoms with Gasteiger partial charge in [0.15, 0.2) is 0 Å². The smallest absolute Gasteiger partial charge is 0.101 e. The van der Waals surface area contributed by atoms with Gasteiger partial charge >= 0.3 is 0 Å².